The van der Waals surface area contributed by atoms with Crippen molar-refractivity contribution >= 4 is 29.7 Å². The molecular weight excluding hydrogens is 506 g/mol. The predicted octanol–water partition coefficient (Wildman–Crippen LogP) is -0.443. The molecule has 0 heterocycles. The second-order valence-corrected chi connectivity index (χ2v) is 10.2. The van der Waals surface area contributed by atoms with E-state index >= 15 is 0 Å². The van der Waals surface area contributed by atoms with Gasteiger partial charge in [0.1, 0.15) is 23.9 Å². The van der Waals surface area contributed by atoms with E-state index in [2.05, 4.69) is 20.9 Å². The molecule has 0 bridgehead atoms. The van der Waals surface area contributed by atoms with Gasteiger partial charge in [0.15, 0.2) is 5.96 Å². The molecule has 0 aromatic heterocycles. The van der Waals surface area contributed by atoms with Crippen LogP contribution in [0.1, 0.15) is 52.5 Å². The Bertz CT molecular complexity index is 993. The number of phenolic OH excluding ortho intramolecular Hbond substituents is 1. The molecule has 1 rings (SSSR count). The number of aromatic hydroxyl groups is 1. The Morgan fingerprint density at radius 3 is 1.97 bits per heavy atom. The van der Waals surface area contributed by atoms with Gasteiger partial charge in [-0.2, -0.15) is 0 Å². The van der Waals surface area contributed by atoms with Gasteiger partial charge in [-0.1, -0.05) is 39.8 Å². The summed E-state index contributed by atoms with van der Waals surface area (Å²) in [6.45, 7) is 7.27. The number of rotatable bonds is 16. The fraction of sp³-hybridized carbons (Fsp3) is 0.577. The van der Waals surface area contributed by atoms with Crippen LogP contribution in [0.25, 0.3) is 0 Å². The second kappa shape index (κ2) is 16.2. The van der Waals surface area contributed by atoms with Crippen molar-refractivity contribution in [3.8, 4) is 5.75 Å². The van der Waals surface area contributed by atoms with Gasteiger partial charge in [0.05, 0.1) is 6.04 Å². The van der Waals surface area contributed by atoms with Gasteiger partial charge in [-0.25, -0.2) is 4.79 Å². The molecule has 0 aliphatic rings. The first-order valence-corrected chi connectivity index (χ1v) is 12.9. The molecule has 13 heteroatoms. The number of carbonyl (C=O) groups is 4. The summed E-state index contributed by atoms with van der Waals surface area (Å²) in [7, 11) is 0. The maximum absolute atomic E-state index is 13.3. The van der Waals surface area contributed by atoms with Crippen LogP contribution in [0.4, 0.5) is 0 Å². The maximum Gasteiger partial charge on any atom is 0.326 e. The summed E-state index contributed by atoms with van der Waals surface area (Å²) >= 11 is 0. The van der Waals surface area contributed by atoms with Crippen molar-refractivity contribution < 1.29 is 29.4 Å². The molecule has 4 atom stereocenters. The van der Waals surface area contributed by atoms with Crippen molar-refractivity contribution in [3.05, 3.63) is 29.8 Å². The normalized spacial score (nSPS) is 14.1. The lowest BCUT2D eigenvalue weighted by Gasteiger charge is -2.27. The Morgan fingerprint density at radius 2 is 1.46 bits per heavy atom. The van der Waals surface area contributed by atoms with E-state index < -0.39 is 47.9 Å². The molecule has 39 heavy (non-hydrogen) atoms. The minimum Gasteiger partial charge on any atom is -0.508 e. The average Bonchev–Trinajstić information content (AvgIpc) is 2.84. The lowest BCUT2D eigenvalue weighted by Crippen LogP contribution is -2.58. The standard InChI is InChI=1S/C26H43N7O6/c1-14(2)12-20(24(37)33-21(15(3)4)25(38)39)32-23(36)19(6-5-11-30-26(28)29)31-22(35)18(27)13-16-7-9-17(34)10-8-16/h7-10,14-15,18-21,34H,5-6,11-13,27H2,1-4H3,(H,31,35)(H,32,36)(H,33,37)(H,38,39)(H4,28,29,30). The smallest absolute Gasteiger partial charge is 0.326 e. The summed E-state index contributed by atoms with van der Waals surface area (Å²) in [6.07, 6.45) is 0.911. The van der Waals surface area contributed by atoms with Crippen LogP contribution in [0, 0.1) is 11.8 Å². The van der Waals surface area contributed by atoms with Crippen molar-refractivity contribution in [1.29, 1.82) is 0 Å². The minimum absolute atomic E-state index is 0.00276. The summed E-state index contributed by atoms with van der Waals surface area (Å²) in [6, 6.07) is 2.04. The molecule has 0 radical (unpaired) electrons. The molecule has 0 aliphatic heterocycles. The zero-order chi connectivity index (χ0) is 29.7. The van der Waals surface area contributed by atoms with Gasteiger partial charge < -0.3 is 43.4 Å². The number of hydrogen-bond donors (Lipinski definition) is 8. The fourth-order valence-corrected chi connectivity index (χ4v) is 3.77. The van der Waals surface area contributed by atoms with E-state index in [1.54, 1.807) is 26.0 Å². The number of nitrogens with two attached hydrogens (primary N) is 3. The largest absolute Gasteiger partial charge is 0.508 e. The number of guanidine groups is 1. The SMILES string of the molecule is CC(C)CC(NC(=O)C(CCCN=C(N)N)NC(=O)C(N)Cc1ccc(O)cc1)C(=O)NC(C(=O)O)C(C)C. The van der Waals surface area contributed by atoms with Crippen LogP contribution >= 0.6 is 0 Å². The first-order chi connectivity index (χ1) is 18.2. The molecule has 218 valence electrons. The number of carboxylic acid groups (broad SMARTS) is 1. The van der Waals surface area contributed by atoms with Gasteiger partial charge in [-0.05, 0) is 55.2 Å². The third kappa shape index (κ3) is 12.5. The molecule has 1 aromatic carbocycles. The molecule has 4 unspecified atom stereocenters. The molecule has 11 N–H and O–H groups in total. The monoisotopic (exact) mass is 549 g/mol. The molecule has 1 aromatic rings. The minimum atomic E-state index is -1.18. The van der Waals surface area contributed by atoms with E-state index in [-0.39, 0.29) is 49.4 Å². The van der Waals surface area contributed by atoms with Crippen LogP contribution < -0.4 is 33.2 Å². The number of nitrogens with zero attached hydrogens (tertiary/aromatic N) is 1. The lowest BCUT2D eigenvalue weighted by molar-refractivity contribution is -0.143. The van der Waals surface area contributed by atoms with E-state index in [4.69, 9.17) is 17.2 Å². The highest BCUT2D eigenvalue weighted by Crippen LogP contribution is 2.12. The molecule has 0 aliphatic carbocycles. The van der Waals surface area contributed by atoms with E-state index in [0.717, 1.165) is 5.56 Å². The number of nitrogens with one attached hydrogen (secondary N) is 3. The van der Waals surface area contributed by atoms with E-state index in [1.165, 1.54) is 12.1 Å². The number of phenols is 1. The summed E-state index contributed by atoms with van der Waals surface area (Å²) in [5, 5.41) is 26.7. The van der Waals surface area contributed by atoms with Gasteiger partial charge in [0, 0.05) is 6.54 Å². The van der Waals surface area contributed by atoms with Crippen molar-refractivity contribution in [1.82, 2.24) is 16.0 Å². The number of amides is 3. The number of hydrogen-bond acceptors (Lipinski definition) is 7. The summed E-state index contributed by atoms with van der Waals surface area (Å²) in [5.41, 5.74) is 17.5. The topological polar surface area (TPSA) is 235 Å². The van der Waals surface area contributed by atoms with Crippen LogP contribution in [-0.4, -0.2) is 70.6 Å². The second-order valence-electron chi connectivity index (χ2n) is 10.2. The van der Waals surface area contributed by atoms with Crippen LogP contribution in [-0.2, 0) is 25.6 Å². The Hall–Kier alpha value is -3.87. The highest BCUT2D eigenvalue weighted by atomic mass is 16.4. The van der Waals surface area contributed by atoms with Gasteiger partial charge in [0.2, 0.25) is 17.7 Å². The lowest BCUT2D eigenvalue weighted by atomic mass is 9.99. The highest BCUT2D eigenvalue weighted by Gasteiger charge is 2.31. The van der Waals surface area contributed by atoms with Crippen LogP contribution in [0.15, 0.2) is 29.3 Å². The first kappa shape index (κ1) is 33.2. The van der Waals surface area contributed by atoms with Crippen LogP contribution in [0.5, 0.6) is 5.75 Å². The summed E-state index contributed by atoms with van der Waals surface area (Å²) in [4.78, 5) is 54.6. The van der Waals surface area contributed by atoms with E-state index in [1.807, 2.05) is 13.8 Å². The van der Waals surface area contributed by atoms with E-state index in [9.17, 15) is 29.4 Å². The van der Waals surface area contributed by atoms with Gasteiger partial charge in [-0.15, -0.1) is 0 Å². The zero-order valence-electron chi connectivity index (χ0n) is 23.0. The number of aliphatic carboxylic acids is 1. The molecule has 3 amide bonds. The Labute approximate surface area is 229 Å². The summed E-state index contributed by atoms with van der Waals surface area (Å²) < 4.78 is 0. The number of carbonyl (C=O) groups excluding carboxylic acids is 3. The zero-order valence-corrected chi connectivity index (χ0v) is 23.0. The van der Waals surface area contributed by atoms with E-state index in [0.29, 0.717) is 6.42 Å². The average molecular weight is 550 g/mol. The third-order valence-corrected chi connectivity index (χ3v) is 5.88. The Kier molecular flexibility index (Phi) is 13.7. The Balaban J connectivity index is 3.04. The van der Waals surface area contributed by atoms with Crippen molar-refractivity contribution in [2.45, 2.75) is 77.5 Å². The van der Waals surface area contributed by atoms with Crippen molar-refractivity contribution in [2.75, 3.05) is 6.54 Å². The van der Waals surface area contributed by atoms with Gasteiger partial charge in [-0.3, -0.25) is 19.4 Å². The number of carboxylic acids is 1. The predicted molar refractivity (Wildman–Crippen MR) is 147 cm³/mol. The Morgan fingerprint density at radius 1 is 0.897 bits per heavy atom. The molecule has 0 saturated carbocycles. The number of benzene rings is 1. The molecule has 0 spiro atoms. The maximum atomic E-state index is 13.3. The van der Waals surface area contributed by atoms with Crippen molar-refractivity contribution in [2.24, 2.45) is 34.0 Å². The van der Waals surface area contributed by atoms with Gasteiger partial charge >= 0.3 is 5.97 Å². The number of aliphatic imine (C=N–C) groups is 1. The molecule has 13 nitrogen and oxygen atoms in total. The molecule has 0 saturated heterocycles. The van der Waals surface area contributed by atoms with Crippen molar-refractivity contribution in [3.63, 3.8) is 0 Å². The fourth-order valence-electron chi connectivity index (χ4n) is 3.77. The van der Waals surface area contributed by atoms with Crippen LogP contribution in [0.2, 0.25) is 0 Å². The van der Waals surface area contributed by atoms with Crippen LogP contribution in [0.3, 0.4) is 0 Å². The molecular formula is C26H43N7O6. The van der Waals surface area contributed by atoms with Gasteiger partial charge in [0.25, 0.3) is 0 Å². The first-order valence-electron chi connectivity index (χ1n) is 12.9. The quantitative estimate of drug-likeness (QED) is 0.0756. The highest BCUT2D eigenvalue weighted by molar-refractivity contribution is 5.94. The molecule has 0 fully saturated rings. The third-order valence-electron chi connectivity index (χ3n) is 5.88. The summed E-state index contributed by atoms with van der Waals surface area (Å²) in [5.74, 6) is -3.42.